The smallest absolute Gasteiger partial charge is 0.00263 e. The van der Waals surface area contributed by atoms with Crippen molar-refractivity contribution >= 4 is 22.6 Å². The third-order valence-corrected chi connectivity index (χ3v) is 4.21. The molecule has 0 aromatic rings. The van der Waals surface area contributed by atoms with Crippen LogP contribution in [0.5, 0.6) is 0 Å². The first-order chi connectivity index (χ1) is 4.75. The lowest BCUT2D eigenvalue weighted by Gasteiger charge is -2.32. The van der Waals surface area contributed by atoms with Crippen LogP contribution >= 0.6 is 22.6 Å². The van der Waals surface area contributed by atoms with E-state index in [4.69, 9.17) is 0 Å². The maximum Gasteiger partial charge on any atom is 0.00263 e. The Morgan fingerprint density at radius 1 is 1.30 bits per heavy atom. The van der Waals surface area contributed by atoms with Crippen molar-refractivity contribution in [3.8, 4) is 0 Å². The van der Waals surface area contributed by atoms with Crippen LogP contribution in [0.4, 0.5) is 0 Å². The van der Waals surface area contributed by atoms with E-state index in [9.17, 15) is 0 Å². The van der Waals surface area contributed by atoms with Gasteiger partial charge in [-0.2, -0.15) is 0 Å². The average Bonchev–Trinajstić information content (AvgIpc) is 1.95. The Bertz CT molecular complexity index is 101. The first-order valence-electron chi connectivity index (χ1n) is 4.31. The zero-order valence-electron chi connectivity index (χ0n) is 6.94. The van der Waals surface area contributed by atoms with E-state index in [1.54, 1.807) is 0 Å². The molecule has 0 aromatic heterocycles. The van der Waals surface area contributed by atoms with Crippen molar-refractivity contribution in [1.82, 2.24) is 0 Å². The molecule has 0 aliphatic heterocycles. The van der Waals surface area contributed by atoms with Gasteiger partial charge in [0.15, 0.2) is 0 Å². The molecule has 0 nitrogen and oxygen atoms in total. The monoisotopic (exact) mass is 252 g/mol. The fourth-order valence-electron chi connectivity index (χ4n) is 1.91. The molecule has 1 aliphatic rings. The Labute approximate surface area is 77.9 Å². The summed E-state index contributed by atoms with van der Waals surface area (Å²) in [6.45, 7) is 4.83. The van der Waals surface area contributed by atoms with E-state index >= 15 is 0 Å². The fraction of sp³-hybridized carbons (Fsp3) is 1.00. The van der Waals surface area contributed by atoms with E-state index < -0.39 is 0 Å². The van der Waals surface area contributed by atoms with E-state index in [-0.39, 0.29) is 0 Å². The van der Waals surface area contributed by atoms with Crippen molar-refractivity contribution in [2.45, 2.75) is 33.1 Å². The fourth-order valence-corrected chi connectivity index (χ4v) is 3.15. The second kappa shape index (κ2) is 3.93. The molecular weight excluding hydrogens is 235 g/mol. The van der Waals surface area contributed by atoms with Crippen LogP contribution in [-0.2, 0) is 0 Å². The van der Waals surface area contributed by atoms with Crippen molar-refractivity contribution in [1.29, 1.82) is 0 Å². The lowest BCUT2D eigenvalue weighted by molar-refractivity contribution is 0.203. The van der Waals surface area contributed by atoms with Gasteiger partial charge in [0, 0.05) is 4.43 Å². The highest BCUT2D eigenvalue weighted by molar-refractivity contribution is 14.1. The van der Waals surface area contributed by atoms with Gasteiger partial charge in [-0.1, -0.05) is 49.3 Å². The summed E-state index contributed by atoms with van der Waals surface area (Å²) in [5.74, 6) is 2.98. The van der Waals surface area contributed by atoms with Crippen molar-refractivity contribution in [2.24, 2.45) is 17.8 Å². The van der Waals surface area contributed by atoms with Crippen molar-refractivity contribution in [3.63, 3.8) is 0 Å². The number of hydrogen-bond donors (Lipinski definition) is 0. The summed E-state index contributed by atoms with van der Waals surface area (Å²) in [5.41, 5.74) is 0. The van der Waals surface area contributed by atoms with Gasteiger partial charge in [0.1, 0.15) is 0 Å². The van der Waals surface area contributed by atoms with Crippen LogP contribution in [-0.4, -0.2) is 4.43 Å². The topological polar surface area (TPSA) is 0 Å². The highest BCUT2D eigenvalue weighted by atomic mass is 127. The minimum atomic E-state index is 0.977. The van der Waals surface area contributed by atoms with Crippen LogP contribution in [0.2, 0.25) is 0 Å². The van der Waals surface area contributed by atoms with Gasteiger partial charge in [0.25, 0.3) is 0 Å². The molecule has 0 bridgehead atoms. The molecule has 1 unspecified atom stereocenters. The lowest BCUT2D eigenvalue weighted by Crippen LogP contribution is -2.24. The third-order valence-electron chi connectivity index (χ3n) is 3.07. The molecule has 0 heterocycles. The molecule has 0 amide bonds. The molecule has 3 atom stereocenters. The highest BCUT2D eigenvalue weighted by Gasteiger charge is 2.25. The standard InChI is InChI=1S/C9H17I/c1-7-4-3-5-9(6-10)8(7)2/h7-9H,3-6H2,1-2H3/t7-,8?,9-/m0/s1. The molecule has 0 aromatic carbocycles. The van der Waals surface area contributed by atoms with Gasteiger partial charge in [-0.25, -0.2) is 0 Å². The molecule has 1 fully saturated rings. The quantitative estimate of drug-likeness (QED) is 0.495. The van der Waals surface area contributed by atoms with Gasteiger partial charge in [-0.3, -0.25) is 0 Å². The molecular formula is C9H17I. The first-order valence-corrected chi connectivity index (χ1v) is 5.84. The van der Waals surface area contributed by atoms with Crippen LogP contribution in [0, 0.1) is 17.8 Å². The van der Waals surface area contributed by atoms with Crippen LogP contribution < -0.4 is 0 Å². The largest absolute Gasteiger partial charge is 0.0861 e. The Hall–Kier alpha value is 0.730. The number of rotatable bonds is 1. The Balaban J connectivity index is 2.42. The number of halogens is 1. The first kappa shape index (κ1) is 8.82. The molecule has 0 saturated heterocycles. The van der Waals surface area contributed by atoms with Gasteiger partial charge in [-0.15, -0.1) is 0 Å². The molecule has 0 N–H and O–H groups in total. The van der Waals surface area contributed by atoms with Crippen LogP contribution in [0.1, 0.15) is 33.1 Å². The zero-order chi connectivity index (χ0) is 7.56. The normalized spacial score (nSPS) is 41.7. The predicted molar refractivity (Wildman–Crippen MR) is 54.6 cm³/mol. The molecule has 1 rings (SSSR count). The number of alkyl halides is 1. The molecule has 1 heteroatoms. The Kier molecular flexibility index (Phi) is 3.47. The average molecular weight is 252 g/mol. The molecule has 1 aliphatic carbocycles. The summed E-state index contributed by atoms with van der Waals surface area (Å²) in [6.07, 6.45) is 4.42. The van der Waals surface area contributed by atoms with Crippen LogP contribution in [0.25, 0.3) is 0 Å². The predicted octanol–water partition coefficient (Wildman–Crippen LogP) is 3.49. The SMILES string of the molecule is CC1[C@H](CI)CCC[C@@H]1C. The highest BCUT2D eigenvalue weighted by Crippen LogP contribution is 2.34. The molecule has 1 saturated carbocycles. The summed E-state index contributed by atoms with van der Waals surface area (Å²) in [7, 11) is 0. The minimum Gasteiger partial charge on any atom is -0.0861 e. The summed E-state index contributed by atoms with van der Waals surface area (Å²) in [5, 5.41) is 0. The van der Waals surface area contributed by atoms with Crippen molar-refractivity contribution in [2.75, 3.05) is 4.43 Å². The molecule has 10 heavy (non-hydrogen) atoms. The summed E-state index contributed by atoms with van der Waals surface area (Å²) >= 11 is 2.53. The van der Waals surface area contributed by atoms with Gasteiger partial charge >= 0.3 is 0 Å². The van der Waals surface area contributed by atoms with Gasteiger partial charge in [0.2, 0.25) is 0 Å². The van der Waals surface area contributed by atoms with E-state index in [1.807, 2.05) is 0 Å². The Morgan fingerprint density at radius 3 is 2.50 bits per heavy atom. The zero-order valence-corrected chi connectivity index (χ0v) is 9.10. The maximum absolute atomic E-state index is 2.53. The van der Waals surface area contributed by atoms with Crippen LogP contribution in [0.15, 0.2) is 0 Å². The second-order valence-electron chi connectivity index (χ2n) is 3.68. The van der Waals surface area contributed by atoms with Crippen molar-refractivity contribution < 1.29 is 0 Å². The molecule has 0 radical (unpaired) electrons. The van der Waals surface area contributed by atoms with Gasteiger partial charge in [0.05, 0.1) is 0 Å². The molecule has 60 valence electrons. The van der Waals surface area contributed by atoms with Crippen LogP contribution in [0.3, 0.4) is 0 Å². The third kappa shape index (κ3) is 1.86. The molecule has 0 spiro atoms. The minimum absolute atomic E-state index is 0.977. The lowest BCUT2D eigenvalue weighted by atomic mass is 9.75. The second-order valence-corrected chi connectivity index (χ2v) is 4.56. The van der Waals surface area contributed by atoms with Gasteiger partial charge < -0.3 is 0 Å². The summed E-state index contributed by atoms with van der Waals surface area (Å²) < 4.78 is 1.36. The van der Waals surface area contributed by atoms with E-state index in [2.05, 4.69) is 36.4 Å². The Morgan fingerprint density at radius 2 is 2.00 bits per heavy atom. The summed E-state index contributed by atoms with van der Waals surface area (Å²) in [6, 6.07) is 0. The maximum atomic E-state index is 2.53. The van der Waals surface area contributed by atoms with E-state index in [1.165, 1.54) is 23.7 Å². The van der Waals surface area contributed by atoms with Crippen molar-refractivity contribution in [3.05, 3.63) is 0 Å². The summed E-state index contributed by atoms with van der Waals surface area (Å²) in [4.78, 5) is 0. The van der Waals surface area contributed by atoms with E-state index in [0.717, 1.165) is 17.8 Å². The van der Waals surface area contributed by atoms with E-state index in [0.29, 0.717) is 0 Å². The van der Waals surface area contributed by atoms with Gasteiger partial charge in [-0.05, 0) is 24.2 Å². The number of hydrogen-bond acceptors (Lipinski definition) is 0.